The summed E-state index contributed by atoms with van der Waals surface area (Å²) in [6, 6.07) is 20.3. The lowest BCUT2D eigenvalue weighted by molar-refractivity contribution is -0.890. The molecule has 1 saturated heterocycles. The maximum absolute atomic E-state index is 13.7. The molecule has 30 heavy (non-hydrogen) atoms. The van der Waals surface area contributed by atoms with Crippen molar-refractivity contribution in [3.63, 3.8) is 0 Å². The zero-order valence-corrected chi connectivity index (χ0v) is 18.1. The average molecular weight is 426 g/mol. The molecule has 0 aromatic heterocycles. The van der Waals surface area contributed by atoms with Gasteiger partial charge in [0, 0.05) is 18.2 Å². The SMILES string of the molecule is Cc1ccc(S(=O)(=O)N(C[C@H](O)C[NH+]2CCCC2)c2cccc3ccccc23)cc1. The Morgan fingerprint density at radius 1 is 0.967 bits per heavy atom. The topological polar surface area (TPSA) is 62.0 Å². The van der Waals surface area contributed by atoms with Crippen molar-refractivity contribution >= 4 is 26.5 Å². The fourth-order valence-corrected chi connectivity index (χ4v) is 5.78. The molecule has 0 aliphatic carbocycles. The largest absolute Gasteiger partial charge is 0.385 e. The predicted octanol–water partition coefficient (Wildman–Crippen LogP) is 2.38. The first kappa shape index (κ1) is 20.8. The lowest BCUT2D eigenvalue weighted by Crippen LogP contribution is -3.11. The average Bonchev–Trinajstić information content (AvgIpc) is 3.25. The molecule has 6 heteroatoms. The number of aryl methyl sites for hydroxylation is 1. The molecule has 0 unspecified atom stereocenters. The fourth-order valence-electron chi connectivity index (χ4n) is 4.26. The molecule has 1 atom stereocenters. The summed E-state index contributed by atoms with van der Waals surface area (Å²) in [5.41, 5.74) is 1.60. The van der Waals surface area contributed by atoms with Crippen molar-refractivity contribution in [2.45, 2.75) is 30.8 Å². The number of anilines is 1. The summed E-state index contributed by atoms with van der Waals surface area (Å²) >= 11 is 0. The third-order valence-electron chi connectivity index (χ3n) is 5.86. The van der Waals surface area contributed by atoms with Gasteiger partial charge in [-0.3, -0.25) is 4.31 Å². The van der Waals surface area contributed by atoms with Crippen molar-refractivity contribution in [1.29, 1.82) is 0 Å². The molecule has 1 fully saturated rings. The van der Waals surface area contributed by atoms with Gasteiger partial charge in [-0.1, -0.05) is 54.1 Å². The quantitative estimate of drug-likeness (QED) is 0.611. The second-order valence-corrected chi connectivity index (χ2v) is 10.0. The molecular weight excluding hydrogens is 396 g/mol. The highest BCUT2D eigenvalue weighted by Crippen LogP contribution is 2.31. The van der Waals surface area contributed by atoms with Crippen molar-refractivity contribution in [3.05, 3.63) is 72.3 Å². The molecule has 0 bridgehead atoms. The zero-order valence-electron chi connectivity index (χ0n) is 17.3. The second-order valence-electron chi connectivity index (χ2n) is 8.16. The lowest BCUT2D eigenvalue weighted by atomic mass is 10.1. The first-order chi connectivity index (χ1) is 14.4. The summed E-state index contributed by atoms with van der Waals surface area (Å²) in [4.78, 5) is 1.58. The van der Waals surface area contributed by atoms with Crippen LogP contribution in [0.15, 0.2) is 71.6 Å². The van der Waals surface area contributed by atoms with Crippen LogP contribution in [0.25, 0.3) is 10.8 Å². The lowest BCUT2D eigenvalue weighted by Gasteiger charge is -2.28. The summed E-state index contributed by atoms with van der Waals surface area (Å²) in [7, 11) is -3.83. The van der Waals surface area contributed by atoms with Crippen molar-refractivity contribution in [2.24, 2.45) is 0 Å². The summed E-state index contributed by atoms with van der Waals surface area (Å²) in [6.45, 7) is 4.60. The molecule has 4 rings (SSSR count). The number of fused-ring (bicyclic) bond motifs is 1. The summed E-state index contributed by atoms with van der Waals surface area (Å²) in [6.07, 6.45) is 1.59. The van der Waals surface area contributed by atoms with Crippen LogP contribution in [-0.2, 0) is 10.0 Å². The summed E-state index contributed by atoms with van der Waals surface area (Å²) in [5.74, 6) is 0. The van der Waals surface area contributed by atoms with E-state index in [9.17, 15) is 13.5 Å². The number of hydrogen-bond donors (Lipinski definition) is 2. The van der Waals surface area contributed by atoms with Gasteiger partial charge in [-0.15, -0.1) is 0 Å². The molecule has 1 aliphatic rings. The Morgan fingerprint density at radius 3 is 2.37 bits per heavy atom. The molecule has 1 aliphatic heterocycles. The number of hydrogen-bond acceptors (Lipinski definition) is 3. The van der Waals surface area contributed by atoms with Crippen LogP contribution in [0.1, 0.15) is 18.4 Å². The molecule has 3 aromatic rings. The van der Waals surface area contributed by atoms with Crippen molar-refractivity contribution in [3.8, 4) is 0 Å². The van der Waals surface area contributed by atoms with Gasteiger partial charge >= 0.3 is 0 Å². The molecule has 3 aromatic carbocycles. The molecule has 2 N–H and O–H groups in total. The van der Waals surface area contributed by atoms with Gasteiger partial charge in [-0.25, -0.2) is 8.42 Å². The summed E-state index contributed by atoms with van der Waals surface area (Å²) < 4.78 is 28.7. The van der Waals surface area contributed by atoms with Crippen molar-refractivity contribution in [1.82, 2.24) is 0 Å². The van der Waals surface area contributed by atoms with Gasteiger partial charge in [-0.05, 0) is 30.5 Å². The third kappa shape index (κ3) is 4.36. The number of benzene rings is 3. The number of aliphatic hydroxyl groups is 1. The minimum atomic E-state index is -3.83. The van der Waals surface area contributed by atoms with Gasteiger partial charge in [0.2, 0.25) is 0 Å². The number of nitrogens with one attached hydrogen (secondary N) is 1. The van der Waals surface area contributed by atoms with E-state index < -0.39 is 16.1 Å². The van der Waals surface area contributed by atoms with E-state index in [0.29, 0.717) is 12.2 Å². The number of quaternary nitrogens is 1. The Morgan fingerprint density at radius 2 is 1.63 bits per heavy atom. The minimum Gasteiger partial charge on any atom is -0.385 e. The maximum Gasteiger partial charge on any atom is 0.264 e. The minimum absolute atomic E-state index is 0.0354. The van der Waals surface area contributed by atoms with E-state index in [1.807, 2.05) is 49.4 Å². The summed E-state index contributed by atoms with van der Waals surface area (Å²) in [5, 5.41) is 12.7. The number of likely N-dealkylation sites (tertiary alicyclic amines) is 1. The predicted molar refractivity (Wildman–Crippen MR) is 120 cm³/mol. The molecular formula is C24H29N2O3S+. The first-order valence-corrected chi connectivity index (χ1v) is 12.0. The molecule has 158 valence electrons. The van der Waals surface area contributed by atoms with Gasteiger partial charge in [0.05, 0.1) is 30.2 Å². The van der Waals surface area contributed by atoms with E-state index in [0.717, 1.165) is 42.3 Å². The third-order valence-corrected chi connectivity index (χ3v) is 7.65. The number of aliphatic hydroxyl groups excluding tert-OH is 1. The first-order valence-electron chi connectivity index (χ1n) is 10.5. The standard InChI is InChI=1S/C24H28N2O3S/c1-19-11-13-22(14-12-19)30(28,29)26(18-21(27)17-25-15-4-5-16-25)24-10-6-8-20-7-2-3-9-23(20)24/h2-3,6-14,21,27H,4-5,15-18H2,1H3/p+1/t21-/m1/s1. The molecule has 1 heterocycles. The number of rotatable bonds is 7. The van der Waals surface area contributed by atoms with Crippen LogP contribution in [-0.4, -0.2) is 45.8 Å². The monoisotopic (exact) mass is 425 g/mol. The highest BCUT2D eigenvalue weighted by molar-refractivity contribution is 7.92. The smallest absolute Gasteiger partial charge is 0.264 e. The van der Waals surface area contributed by atoms with Crippen LogP contribution in [0.3, 0.4) is 0 Å². The van der Waals surface area contributed by atoms with Crippen molar-refractivity contribution in [2.75, 3.05) is 30.5 Å². The van der Waals surface area contributed by atoms with Crippen LogP contribution in [0, 0.1) is 6.92 Å². The second kappa shape index (κ2) is 8.76. The fraction of sp³-hybridized carbons (Fsp3) is 0.333. The Kier molecular flexibility index (Phi) is 6.09. The molecule has 0 amide bonds. The molecule has 0 spiro atoms. The Labute approximate surface area is 178 Å². The highest BCUT2D eigenvalue weighted by Gasteiger charge is 2.30. The van der Waals surface area contributed by atoms with Crippen LogP contribution in [0.5, 0.6) is 0 Å². The van der Waals surface area contributed by atoms with Crippen LogP contribution in [0.4, 0.5) is 5.69 Å². The van der Waals surface area contributed by atoms with Gasteiger partial charge in [0.15, 0.2) is 0 Å². The highest BCUT2D eigenvalue weighted by atomic mass is 32.2. The van der Waals surface area contributed by atoms with E-state index in [2.05, 4.69) is 0 Å². The van der Waals surface area contributed by atoms with Gasteiger partial charge < -0.3 is 10.0 Å². The molecule has 5 nitrogen and oxygen atoms in total. The van der Waals surface area contributed by atoms with E-state index in [1.165, 1.54) is 9.21 Å². The molecule has 0 saturated carbocycles. The Bertz CT molecular complexity index is 1100. The van der Waals surface area contributed by atoms with Crippen LogP contribution in [0.2, 0.25) is 0 Å². The number of nitrogens with zero attached hydrogens (tertiary/aromatic N) is 1. The zero-order chi connectivity index (χ0) is 21.1. The normalized spacial score (nSPS) is 16.1. The van der Waals surface area contributed by atoms with Crippen LogP contribution < -0.4 is 9.21 Å². The van der Waals surface area contributed by atoms with E-state index in [-0.39, 0.29) is 11.4 Å². The van der Waals surface area contributed by atoms with E-state index in [4.69, 9.17) is 0 Å². The Hall–Kier alpha value is -2.41. The van der Waals surface area contributed by atoms with Crippen molar-refractivity contribution < 1.29 is 18.4 Å². The van der Waals surface area contributed by atoms with E-state index >= 15 is 0 Å². The number of sulfonamides is 1. The van der Waals surface area contributed by atoms with Gasteiger partial charge in [0.1, 0.15) is 12.6 Å². The van der Waals surface area contributed by atoms with Gasteiger partial charge in [-0.2, -0.15) is 0 Å². The maximum atomic E-state index is 13.7. The van der Waals surface area contributed by atoms with Crippen LogP contribution >= 0.6 is 0 Å². The van der Waals surface area contributed by atoms with E-state index in [1.54, 1.807) is 24.3 Å². The molecule has 0 radical (unpaired) electrons. The Balaban J connectivity index is 1.75. The van der Waals surface area contributed by atoms with Gasteiger partial charge in [0.25, 0.3) is 10.0 Å².